The maximum absolute atomic E-state index is 10.3. The van der Waals surface area contributed by atoms with E-state index < -0.39 is 11.9 Å². The number of carbonyl (C=O) groups is 2. The number of amides is 2. The largest absolute Gasteiger partial charge is 0.368 e. The maximum atomic E-state index is 10.3. The van der Waals surface area contributed by atoms with Crippen molar-refractivity contribution in [1.82, 2.24) is 5.32 Å². The first-order valence-corrected chi connectivity index (χ1v) is 5.41. The molecule has 7 heteroatoms. The van der Waals surface area contributed by atoms with Crippen LogP contribution in [0.4, 0.5) is 0 Å². The topological polar surface area (TPSA) is 98.2 Å². The lowest BCUT2D eigenvalue weighted by Gasteiger charge is -2.06. The van der Waals surface area contributed by atoms with Crippen LogP contribution in [0.5, 0.6) is 0 Å². The van der Waals surface area contributed by atoms with E-state index in [1.807, 2.05) is 6.92 Å². The Morgan fingerprint density at radius 1 is 1.57 bits per heavy atom. The lowest BCUT2D eigenvalue weighted by Crippen LogP contribution is -2.41. The van der Waals surface area contributed by atoms with Crippen LogP contribution in [-0.4, -0.2) is 36.9 Å². The quantitative estimate of drug-likeness (QED) is 0.323. The molecule has 1 unspecified atom stereocenters. The summed E-state index contributed by atoms with van der Waals surface area (Å²) in [5, 5.41) is 2.20. The molecule has 0 bridgehead atoms. The van der Waals surface area contributed by atoms with Crippen molar-refractivity contribution < 1.29 is 9.59 Å². The Bertz CT molecular complexity index is 136. The van der Waals surface area contributed by atoms with Gasteiger partial charge in [0.2, 0.25) is 12.3 Å². The van der Waals surface area contributed by atoms with Crippen molar-refractivity contribution in [2.24, 2.45) is 11.5 Å². The molecule has 0 saturated carbocycles. The van der Waals surface area contributed by atoms with Gasteiger partial charge in [-0.25, -0.2) is 0 Å². The summed E-state index contributed by atoms with van der Waals surface area (Å²) in [6, 6.07) is -0.647. The van der Waals surface area contributed by atoms with Gasteiger partial charge in [0.25, 0.3) is 0 Å². The van der Waals surface area contributed by atoms with Gasteiger partial charge in [-0.2, -0.15) is 25.3 Å². The number of carbonyl (C=O) groups excluding carboxylic acids is 2. The molecule has 0 aromatic rings. The highest BCUT2D eigenvalue weighted by Crippen LogP contribution is 1.82. The summed E-state index contributed by atoms with van der Waals surface area (Å²) >= 11 is 7.29. The number of nitrogens with two attached hydrogens (primary N) is 2. The number of nitrogens with one attached hydrogen (secondary N) is 1. The van der Waals surface area contributed by atoms with Crippen LogP contribution in [-0.2, 0) is 9.59 Å². The van der Waals surface area contributed by atoms with E-state index >= 15 is 0 Å². The number of primary amides is 1. The summed E-state index contributed by atoms with van der Waals surface area (Å²) in [5.74, 6) is -0.342. The molecule has 0 fully saturated rings. The van der Waals surface area contributed by atoms with Crippen LogP contribution in [0.1, 0.15) is 6.92 Å². The Hall–Kier alpha value is -0.400. The van der Waals surface area contributed by atoms with Crippen LogP contribution < -0.4 is 16.8 Å². The zero-order valence-electron chi connectivity index (χ0n) is 8.43. The van der Waals surface area contributed by atoms with Gasteiger partial charge in [0, 0.05) is 5.75 Å². The summed E-state index contributed by atoms with van der Waals surface area (Å²) < 4.78 is 0. The van der Waals surface area contributed by atoms with Gasteiger partial charge in [-0.15, -0.1) is 0 Å². The molecule has 0 saturated heterocycles. The number of thiol groups is 2. The second-order valence-electron chi connectivity index (χ2n) is 1.83. The zero-order valence-corrected chi connectivity index (χ0v) is 10.2. The van der Waals surface area contributed by atoms with Crippen molar-refractivity contribution in [1.29, 1.82) is 0 Å². The number of rotatable bonds is 4. The van der Waals surface area contributed by atoms with Crippen molar-refractivity contribution in [3.05, 3.63) is 0 Å². The van der Waals surface area contributed by atoms with Gasteiger partial charge >= 0.3 is 0 Å². The van der Waals surface area contributed by atoms with Gasteiger partial charge in [0.05, 0.1) is 0 Å². The highest BCUT2D eigenvalue weighted by Gasteiger charge is 2.09. The van der Waals surface area contributed by atoms with Gasteiger partial charge < -0.3 is 16.8 Å². The Morgan fingerprint density at radius 2 is 1.93 bits per heavy atom. The normalized spacial score (nSPS) is 9.50. The Kier molecular flexibility index (Phi) is 25.3. The third-order valence-corrected chi connectivity index (χ3v) is 1.16. The molecule has 0 aromatic carbocycles. The number of hydrogen-bond acceptors (Lipinski definition) is 5. The van der Waals surface area contributed by atoms with Crippen LogP contribution in [0.15, 0.2) is 0 Å². The van der Waals surface area contributed by atoms with Crippen molar-refractivity contribution in [3.8, 4) is 0 Å². The minimum Gasteiger partial charge on any atom is -0.368 e. The molecule has 1 atom stereocenters. The van der Waals surface area contributed by atoms with E-state index in [2.05, 4.69) is 30.6 Å². The molecule has 5 N–H and O–H groups in total. The standard InChI is InChI=1S/C4H8N2O2S.C2H7N.CH4S/c5-4(8)3(1-9)6-2-7;1-2-3;1-2/h2-3,9H,1H2,(H2,5,8)(H,6,7);2-3H2,1H3;2H,1H3. The van der Waals surface area contributed by atoms with Crippen LogP contribution >= 0.6 is 25.3 Å². The minimum absolute atomic E-state index is 0.230. The molecule has 0 aliphatic carbocycles. The predicted molar refractivity (Wildman–Crippen MR) is 65.7 cm³/mol. The van der Waals surface area contributed by atoms with E-state index in [4.69, 9.17) is 11.5 Å². The minimum atomic E-state index is -0.647. The monoisotopic (exact) mass is 241 g/mol. The first-order chi connectivity index (χ1) is 6.63. The maximum Gasteiger partial charge on any atom is 0.240 e. The second kappa shape index (κ2) is 18.4. The van der Waals surface area contributed by atoms with Crippen LogP contribution in [0.2, 0.25) is 0 Å². The second-order valence-corrected chi connectivity index (χ2v) is 2.20. The van der Waals surface area contributed by atoms with Gasteiger partial charge in [-0.3, -0.25) is 9.59 Å². The summed E-state index contributed by atoms with van der Waals surface area (Å²) in [6.45, 7) is 2.65. The van der Waals surface area contributed by atoms with Crippen molar-refractivity contribution in [2.75, 3.05) is 18.6 Å². The fourth-order valence-electron chi connectivity index (χ4n) is 0.307. The highest BCUT2D eigenvalue weighted by molar-refractivity contribution is 7.80. The van der Waals surface area contributed by atoms with E-state index in [-0.39, 0.29) is 5.75 Å². The smallest absolute Gasteiger partial charge is 0.240 e. The van der Waals surface area contributed by atoms with E-state index in [1.165, 1.54) is 0 Å². The summed E-state index contributed by atoms with van der Waals surface area (Å²) in [4.78, 5) is 20.0. The average molecular weight is 241 g/mol. The highest BCUT2D eigenvalue weighted by atomic mass is 32.1. The predicted octanol–water partition coefficient (Wildman–Crippen LogP) is -0.973. The first-order valence-electron chi connectivity index (χ1n) is 3.88. The van der Waals surface area contributed by atoms with Gasteiger partial charge in [-0.05, 0) is 12.8 Å². The third-order valence-electron chi connectivity index (χ3n) is 0.795. The molecule has 0 heterocycles. The summed E-state index contributed by atoms with van der Waals surface area (Å²) in [7, 11) is 0. The van der Waals surface area contributed by atoms with Crippen LogP contribution in [0, 0.1) is 0 Å². The van der Waals surface area contributed by atoms with Gasteiger partial charge in [0.1, 0.15) is 6.04 Å². The molecule has 0 aromatic heterocycles. The van der Waals surface area contributed by atoms with Crippen molar-refractivity contribution >= 4 is 37.6 Å². The van der Waals surface area contributed by atoms with E-state index in [0.717, 1.165) is 6.54 Å². The molecule has 0 aliphatic rings. The molecular formula is C7H19N3O2S2. The molecule has 0 rings (SSSR count). The van der Waals surface area contributed by atoms with Gasteiger partial charge in [0.15, 0.2) is 0 Å². The first kappa shape index (κ1) is 19.2. The van der Waals surface area contributed by atoms with Crippen molar-refractivity contribution in [3.63, 3.8) is 0 Å². The summed E-state index contributed by atoms with van der Waals surface area (Å²) in [6.07, 6.45) is 2.12. The van der Waals surface area contributed by atoms with Crippen LogP contribution in [0.25, 0.3) is 0 Å². The fraction of sp³-hybridized carbons (Fsp3) is 0.714. The number of hydrogen-bond donors (Lipinski definition) is 5. The average Bonchev–Trinajstić information content (AvgIpc) is 2.18. The third kappa shape index (κ3) is 17.6. The fourth-order valence-corrected chi connectivity index (χ4v) is 0.592. The molecule has 0 radical (unpaired) electrons. The molecule has 14 heavy (non-hydrogen) atoms. The Morgan fingerprint density at radius 3 is 2.00 bits per heavy atom. The molecule has 86 valence electrons. The van der Waals surface area contributed by atoms with Gasteiger partial charge in [-0.1, -0.05) is 6.92 Å². The molecule has 5 nitrogen and oxygen atoms in total. The zero-order chi connectivity index (χ0) is 12.0. The SMILES string of the molecule is CCN.CS.NC(=O)C(CS)NC=O. The van der Waals surface area contributed by atoms with Crippen molar-refractivity contribution in [2.45, 2.75) is 13.0 Å². The van der Waals surface area contributed by atoms with E-state index in [9.17, 15) is 9.59 Å². The molecule has 0 aliphatic heterocycles. The molecule has 0 spiro atoms. The summed E-state index contributed by atoms with van der Waals surface area (Å²) in [5.41, 5.74) is 9.67. The Labute approximate surface area is 95.8 Å². The molecule has 2 amide bonds. The lowest BCUT2D eigenvalue weighted by atomic mass is 10.3. The van der Waals surface area contributed by atoms with E-state index in [0.29, 0.717) is 6.41 Å². The van der Waals surface area contributed by atoms with Crippen LogP contribution in [0.3, 0.4) is 0 Å². The lowest BCUT2D eigenvalue weighted by molar-refractivity contribution is -0.122. The van der Waals surface area contributed by atoms with E-state index in [1.54, 1.807) is 6.26 Å². The molecular weight excluding hydrogens is 222 g/mol. The Balaban J connectivity index is -0.000000205.